The van der Waals surface area contributed by atoms with Gasteiger partial charge in [0.1, 0.15) is 5.54 Å². The third-order valence-electron chi connectivity index (χ3n) is 2.79. The third-order valence-corrected chi connectivity index (χ3v) is 2.79. The maximum absolute atomic E-state index is 12.4. The number of rotatable bonds is 3. The number of aromatic nitrogens is 2. The van der Waals surface area contributed by atoms with Crippen LogP contribution < -0.4 is 0 Å². The van der Waals surface area contributed by atoms with Crippen molar-refractivity contribution in [1.82, 2.24) is 9.55 Å². The number of carbonyl (C=O) groups is 1. The number of imidazole rings is 1. The molecule has 1 aliphatic rings. The van der Waals surface area contributed by atoms with Crippen molar-refractivity contribution < 1.29 is 4.79 Å². The second-order valence-corrected chi connectivity index (χ2v) is 4.34. The molecule has 1 aliphatic carbocycles. The maximum Gasteiger partial charge on any atom is 0.188 e. The molecule has 0 atom stereocenters. The largest absolute Gasteiger partial charge is 0.324 e. The molecule has 1 heterocycles. The lowest BCUT2D eigenvalue weighted by atomic mass is 9.92. The van der Waals surface area contributed by atoms with Crippen molar-refractivity contribution in [3.05, 3.63) is 60.4 Å². The molecule has 2 rings (SSSR count). The van der Waals surface area contributed by atoms with Gasteiger partial charge < -0.3 is 4.57 Å². The minimum atomic E-state index is -0.640. The van der Waals surface area contributed by atoms with E-state index in [1.165, 1.54) is 0 Å². The number of allylic oxidation sites excluding steroid dienone is 5. The predicted octanol–water partition coefficient (Wildman–Crippen LogP) is 2.39. The van der Waals surface area contributed by atoms with E-state index in [1.54, 1.807) is 36.9 Å². The summed E-state index contributed by atoms with van der Waals surface area (Å²) in [5.41, 5.74) is 2.95. The Morgan fingerprint density at radius 2 is 2.24 bits per heavy atom. The van der Waals surface area contributed by atoms with E-state index in [0.29, 0.717) is 5.57 Å². The van der Waals surface area contributed by atoms with E-state index in [4.69, 9.17) is 0 Å². The lowest BCUT2D eigenvalue weighted by Gasteiger charge is -2.25. The summed E-state index contributed by atoms with van der Waals surface area (Å²) in [6, 6.07) is 0. The number of ketones is 1. The summed E-state index contributed by atoms with van der Waals surface area (Å²) in [4.78, 5) is 16.4. The summed E-state index contributed by atoms with van der Waals surface area (Å²) in [5.74, 6) is 0.0444. The molecule has 1 aromatic heterocycles. The second kappa shape index (κ2) is 4.40. The summed E-state index contributed by atoms with van der Waals surface area (Å²) in [6.45, 7) is 3.76. The molecule has 0 saturated heterocycles. The first-order valence-corrected chi connectivity index (χ1v) is 5.45. The van der Waals surface area contributed by atoms with Crippen molar-refractivity contribution in [2.45, 2.75) is 19.4 Å². The molecule has 3 nitrogen and oxygen atoms in total. The quantitative estimate of drug-likeness (QED) is 0.742. The van der Waals surface area contributed by atoms with Gasteiger partial charge in [0.2, 0.25) is 0 Å². The number of carbonyl (C=O) groups excluding carboxylic acids is 1. The molecule has 0 amide bonds. The van der Waals surface area contributed by atoms with Crippen LogP contribution in [0.3, 0.4) is 0 Å². The van der Waals surface area contributed by atoms with Gasteiger partial charge in [-0.1, -0.05) is 18.2 Å². The first-order valence-electron chi connectivity index (χ1n) is 5.45. The second-order valence-electron chi connectivity index (χ2n) is 4.34. The fourth-order valence-corrected chi connectivity index (χ4v) is 1.66. The van der Waals surface area contributed by atoms with Crippen molar-refractivity contribution in [2.75, 3.05) is 0 Å². The van der Waals surface area contributed by atoms with Crippen LogP contribution in [0.5, 0.6) is 0 Å². The molecular formula is C14H14N2O. The van der Waals surface area contributed by atoms with Crippen molar-refractivity contribution in [3.63, 3.8) is 0 Å². The molecule has 0 bridgehead atoms. The molecule has 0 aromatic carbocycles. The molecule has 0 unspecified atom stereocenters. The maximum atomic E-state index is 12.4. The zero-order valence-corrected chi connectivity index (χ0v) is 9.92. The summed E-state index contributed by atoms with van der Waals surface area (Å²) in [5, 5.41) is 0. The minimum Gasteiger partial charge on any atom is -0.324 e. The fraction of sp³-hybridized carbons (Fsp3) is 0.214. The van der Waals surface area contributed by atoms with Crippen molar-refractivity contribution >= 4 is 5.78 Å². The van der Waals surface area contributed by atoms with Gasteiger partial charge in [0, 0.05) is 18.0 Å². The first-order chi connectivity index (χ1) is 8.12. The normalized spacial score (nSPS) is 14.6. The molecule has 0 aliphatic heterocycles. The molecule has 0 N–H and O–H groups in total. The van der Waals surface area contributed by atoms with Gasteiger partial charge in [0.15, 0.2) is 5.78 Å². The Kier molecular flexibility index (Phi) is 2.94. The lowest BCUT2D eigenvalue weighted by Crippen LogP contribution is -2.35. The van der Waals surface area contributed by atoms with Crippen LogP contribution in [-0.2, 0) is 10.3 Å². The molecule has 0 saturated carbocycles. The molecule has 17 heavy (non-hydrogen) atoms. The molecule has 0 fully saturated rings. The van der Waals surface area contributed by atoms with E-state index in [0.717, 1.165) is 0 Å². The van der Waals surface area contributed by atoms with Crippen LogP contribution in [0.15, 0.2) is 60.4 Å². The zero-order chi connectivity index (χ0) is 12.3. The van der Waals surface area contributed by atoms with Crippen molar-refractivity contribution in [3.8, 4) is 0 Å². The topological polar surface area (TPSA) is 34.9 Å². The molecule has 0 radical (unpaired) electrons. The Bertz CT molecular complexity index is 539. The summed E-state index contributed by atoms with van der Waals surface area (Å²) in [6.07, 6.45) is 14.1. The fourth-order valence-electron chi connectivity index (χ4n) is 1.66. The van der Waals surface area contributed by atoms with Crippen LogP contribution in [0.4, 0.5) is 0 Å². The van der Waals surface area contributed by atoms with E-state index in [1.807, 2.05) is 30.6 Å². The first kappa shape index (κ1) is 11.4. The number of hydrogen-bond acceptors (Lipinski definition) is 2. The highest BCUT2D eigenvalue weighted by Gasteiger charge is 2.30. The van der Waals surface area contributed by atoms with Gasteiger partial charge in [0.25, 0.3) is 0 Å². The van der Waals surface area contributed by atoms with Crippen molar-refractivity contribution in [2.24, 2.45) is 0 Å². The Morgan fingerprint density at radius 3 is 2.94 bits per heavy atom. The molecule has 3 heteroatoms. The van der Waals surface area contributed by atoms with Gasteiger partial charge in [-0.3, -0.25) is 4.79 Å². The van der Waals surface area contributed by atoms with Crippen LogP contribution in [0.25, 0.3) is 0 Å². The summed E-state index contributed by atoms with van der Waals surface area (Å²) >= 11 is 0. The SMILES string of the molecule is CC(C)(C(=O)C1=CC=CC=C=C1)n1ccnc1. The van der Waals surface area contributed by atoms with Gasteiger partial charge in [0.05, 0.1) is 6.33 Å². The number of Topliss-reactive ketones (excluding diaryl/α,β-unsaturated/α-hetero) is 1. The Labute approximate surface area is 100 Å². The number of hydrogen-bond donors (Lipinski definition) is 0. The van der Waals surface area contributed by atoms with E-state index >= 15 is 0 Å². The van der Waals surface area contributed by atoms with E-state index in [-0.39, 0.29) is 5.78 Å². The van der Waals surface area contributed by atoms with Crippen LogP contribution in [0, 0.1) is 0 Å². The standard InChI is InChI=1S/C14H14N2O/c1-14(2,16-10-9-15-11-16)13(17)12-7-5-3-4-6-8-12/h3-5,7-11H,1-2H3. The van der Waals surface area contributed by atoms with E-state index in [2.05, 4.69) is 10.7 Å². The Morgan fingerprint density at radius 1 is 1.41 bits per heavy atom. The van der Waals surface area contributed by atoms with Gasteiger partial charge in [-0.05, 0) is 26.0 Å². The minimum absolute atomic E-state index is 0.0444. The van der Waals surface area contributed by atoms with Gasteiger partial charge in [-0.2, -0.15) is 0 Å². The zero-order valence-electron chi connectivity index (χ0n) is 9.92. The molecule has 86 valence electrons. The predicted molar refractivity (Wildman–Crippen MR) is 66.4 cm³/mol. The van der Waals surface area contributed by atoms with Crippen LogP contribution in [0.1, 0.15) is 13.8 Å². The molecule has 1 aromatic rings. The molecular weight excluding hydrogens is 212 g/mol. The molecule has 0 spiro atoms. The van der Waals surface area contributed by atoms with Crippen LogP contribution in [-0.4, -0.2) is 15.3 Å². The smallest absolute Gasteiger partial charge is 0.188 e. The van der Waals surface area contributed by atoms with E-state index in [9.17, 15) is 4.79 Å². The Hall–Kier alpha value is -2.12. The van der Waals surface area contributed by atoms with Gasteiger partial charge >= 0.3 is 0 Å². The Balaban J connectivity index is 2.35. The highest BCUT2D eigenvalue weighted by Crippen LogP contribution is 2.21. The average Bonchev–Trinajstić information content (AvgIpc) is 2.72. The highest BCUT2D eigenvalue weighted by molar-refractivity contribution is 6.03. The van der Waals surface area contributed by atoms with Crippen LogP contribution in [0.2, 0.25) is 0 Å². The van der Waals surface area contributed by atoms with Gasteiger partial charge in [-0.15, -0.1) is 5.73 Å². The van der Waals surface area contributed by atoms with Crippen LogP contribution >= 0.6 is 0 Å². The lowest BCUT2D eigenvalue weighted by molar-refractivity contribution is -0.122. The van der Waals surface area contributed by atoms with Crippen molar-refractivity contribution in [1.29, 1.82) is 0 Å². The summed E-state index contributed by atoms with van der Waals surface area (Å²) < 4.78 is 1.81. The monoisotopic (exact) mass is 226 g/mol. The third kappa shape index (κ3) is 2.19. The average molecular weight is 226 g/mol. The summed E-state index contributed by atoms with van der Waals surface area (Å²) in [7, 11) is 0. The van der Waals surface area contributed by atoms with E-state index < -0.39 is 5.54 Å². The number of nitrogens with zero attached hydrogens (tertiary/aromatic N) is 2. The highest BCUT2D eigenvalue weighted by atomic mass is 16.1. The van der Waals surface area contributed by atoms with Gasteiger partial charge in [-0.25, -0.2) is 4.98 Å².